The smallest absolute Gasteiger partial charge is 0.326 e. The van der Waals surface area contributed by atoms with Gasteiger partial charge in [-0.25, -0.2) is 4.79 Å². The Labute approximate surface area is 163 Å². The normalized spacial score (nSPS) is 14.4. The van der Waals surface area contributed by atoms with Gasteiger partial charge in [-0.05, 0) is 43.2 Å². The molecule has 0 spiro atoms. The van der Waals surface area contributed by atoms with Gasteiger partial charge in [0.2, 0.25) is 5.88 Å². The van der Waals surface area contributed by atoms with Crippen LogP contribution in [-0.2, 0) is 0 Å². The Kier molecular flexibility index (Phi) is 5.51. The number of benzene rings is 1. The van der Waals surface area contributed by atoms with Crippen LogP contribution < -0.4 is 15.5 Å². The molecule has 1 aliphatic heterocycles. The van der Waals surface area contributed by atoms with Gasteiger partial charge in [0, 0.05) is 30.4 Å². The summed E-state index contributed by atoms with van der Waals surface area (Å²) in [6, 6.07) is 14.6. The lowest BCUT2D eigenvalue weighted by Crippen LogP contribution is -2.25. The summed E-state index contributed by atoms with van der Waals surface area (Å²) < 4.78 is 5.11. The summed E-state index contributed by atoms with van der Waals surface area (Å²) in [4.78, 5) is 14.4. The summed E-state index contributed by atoms with van der Waals surface area (Å²) in [5.41, 5.74) is 2.33. The number of nitrogens with zero attached hydrogens (tertiary/aromatic N) is 3. The van der Waals surface area contributed by atoms with Gasteiger partial charge in [0.15, 0.2) is 5.82 Å². The fraction of sp³-hybridized carbons (Fsp3) is 0.286. The predicted octanol–water partition coefficient (Wildman–Crippen LogP) is 4.76. The second-order valence-electron chi connectivity index (χ2n) is 6.82. The van der Waals surface area contributed by atoms with Crippen LogP contribution in [0.25, 0.3) is 11.3 Å². The van der Waals surface area contributed by atoms with Crippen LogP contribution in [0.2, 0.25) is 0 Å². The van der Waals surface area contributed by atoms with E-state index in [1.54, 1.807) is 12.1 Å². The Morgan fingerprint density at radius 3 is 2.50 bits per heavy atom. The number of furan rings is 1. The molecule has 1 fully saturated rings. The van der Waals surface area contributed by atoms with Crippen LogP contribution in [0.4, 0.5) is 22.2 Å². The van der Waals surface area contributed by atoms with Gasteiger partial charge in [-0.3, -0.25) is 5.32 Å². The molecule has 2 aromatic heterocycles. The Hall–Kier alpha value is -3.35. The first-order valence-corrected chi connectivity index (χ1v) is 9.58. The number of anilines is 3. The zero-order valence-corrected chi connectivity index (χ0v) is 15.6. The van der Waals surface area contributed by atoms with Gasteiger partial charge in [-0.15, -0.1) is 10.2 Å². The molecule has 0 saturated carbocycles. The maximum Gasteiger partial charge on any atom is 0.326 e. The summed E-state index contributed by atoms with van der Waals surface area (Å²) in [5.74, 6) is 1.32. The predicted molar refractivity (Wildman–Crippen MR) is 109 cm³/mol. The van der Waals surface area contributed by atoms with Crippen LogP contribution in [0.1, 0.15) is 25.7 Å². The van der Waals surface area contributed by atoms with E-state index in [4.69, 9.17) is 4.42 Å². The Bertz CT molecular complexity index is 901. The lowest BCUT2D eigenvalue weighted by molar-refractivity contribution is 0.261. The number of hydrogen-bond acceptors (Lipinski definition) is 5. The fourth-order valence-corrected chi connectivity index (χ4v) is 3.33. The minimum absolute atomic E-state index is 0.366. The zero-order valence-electron chi connectivity index (χ0n) is 15.6. The number of rotatable bonds is 4. The second kappa shape index (κ2) is 8.56. The number of nitrogens with one attached hydrogen (secondary N) is 2. The third-order valence-corrected chi connectivity index (χ3v) is 4.75. The van der Waals surface area contributed by atoms with Gasteiger partial charge < -0.3 is 14.6 Å². The van der Waals surface area contributed by atoms with Gasteiger partial charge in [-0.1, -0.05) is 25.0 Å². The largest absolute Gasteiger partial charge is 0.449 e. The van der Waals surface area contributed by atoms with Gasteiger partial charge in [0.25, 0.3) is 0 Å². The van der Waals surface area contributed by atoms with Crippen molar-refractivity contribution in [1.82, 2.24) is 10.2 Å². The van der Waals surface area contributed by atoms with Gasteiger partial charge >= 0.3 is 6.03 Å². The van der Waals surface area contributed by atoms with Crippen LogP contribution in [0.3, 0.4) is 0 Å². The molecule has 1 saturated heterocycles. The van der Waals surface area contributed by atoms with Crippen LogP contribution in [0, 0.1) is 0 Å². The molecule has 0 bridgehead atoms. The van der Waals surface area contributed by atoms with E-state index >= 15 is 0 Å². The molecule has 0 radical (unpaired) electrons. The molecule has 0 unspecified atom stereocenters. The van der Waals surface area contributed by atoms with Crippen molar-refractivity contribution in [2.24, 2.45) is 0 Å². The van der Waals surface area contributed by atoms with Crippen LogP contribution >= 0.6 is 0 Å². The fourth-order valence-electron chi connectivity index (χ4n) is 3.33. The maximum atomic E-state index is 12.1. The minimum Gasteiger partial charge on any atom is -0.449 e. The first-order chi connectivity index (χ1) is 13.8. The summed E-state index contributed by atoms with van der Waals surface area (Å²) in [5, 5.41) is 14.2. The molecule has 3 heterocycles. The summed E-state index contributed by atoms with van der Waals surface area (Å²) in [6.45, 7) is 2.08. The average Bonchev–Trinajstić information content (AvgIpc) is 3.07. The van der Waals surface area contributed by atoms with Gasteiger partial charge in [0.1, 0.15) is 0 Å². The molecule has 1 aromatic carbocycles. The van der Waals surface area contributed by atoms with Crippen molar-refractivity contribution in [1.29, 1.82) is 0 Å². The molecule has 144 valence electrons. The standard InChI is InChI=1S/C21H23N5O2/c27-21(23-20-9-6-14-28-20)22-17-8-5-7-16(15-17)18-10-11-19(25-24-18)26-12-3-1-2-4-13-26/h5-11,14-15H,1-4,12-13H2,(H2,22,23,27). The summed E-state index contributed by atoms with van der Waals surface area (Å²) in [6.07, 6.45) is 6.49. The first-order valence-electron chi connectivity index (χ1n) is 9.58. The average molecular weight is 377 g/mol. The van der Waals surface area contributed by atoms with Crippen LogP contribution in [0.15, 0.2) is 59.2 Å². The topological polar surface area (TPSA) is 83.3 Å². The Morgan fingerprint density at radius 2 is 1.79 bits per heavy atom. The monoisotopic (exact) mass is 377 g/mol. The van der Waals surface area contributed by atoms with E-state index in [1.165, 1.54) is 31.9 Å². The number of amides is 2. The van der Waals surface area contributed by atoms with E-state index < -0.39 is 0 Å². The van der Waals surface area contributed by atoms with Crippen molar-refractivity contribution >= 4 is 23.4 Å². The van der Waals surface area contributed by atoms with E-state index in [1.807, 2.05) is 36.4 Å². The van der Waals surface area contributed by atoms with Gasteiger partial charge in [-0.2, -0.15) is 0 Å². The number of carbonyl (C=O) groups excluding carboxylic acids is 1. The molecular formula is C21H23N5O2. The van der Waals surface area contributed by atoms with Crippen molar-refractivity contribution < 1.29 is 9.21 Å². The van der Waals surface area contributed by atoms with Crippen molar-refractivity contribution in [3.63, 3.8) is 0 Å². The Balaban J connectivity index is 1.44. The van der Waals surface area contributed by atoms with Crippen molar-refractivity contribution in [2.75, 3.05) is 28.6 Å². The van der Waals surface area contributed by atoms with Crippen LogP contribution in [0.5, 0.6) is 0 Å². The van der Waals surface area contributed by atoms with E-state index in [0.717, 1.165) is 30.2 Å². The molecule has 0 atom stereocenters. The van der Waals surface area contributed by atoms with E-state index in [9.17, 15) is 4.79 Å². The number of carbonyl (C=O) groups is 1. The molecule has 4 rings (SSSR count). The van der Waals surface area contributed by atoms with Gasteiger partial charge in [0.05, 0.1) is 12.0 Å². The highest BCUT2D eigenvalue weighted by Gasteiger charge is 2.12. The number of hydrogen-bond donors (Lipinski definition) is 2. The molecule has 7 heteroatoms. The highest BCUT2D eigenvalue weighted by Crippen LogP contribution is 2.23. The summed E-state index contributed by atoms with van der Waals surface area (Å²) in [7, 11) is 0. The third kappa shape index (κ3) is 4.49. The van der Waals surface area contributed by atoms with Crippen molar-refractivity contribution in [3.05, 3.63) is 54.8 Å². The highest BCUT2D eigenvalue weighted by molar-refractivity contribution is 5.99. The molecule has 0 aliphatic carbocycles. The second-order valence-corrected chi connectivity index (χ2v) is 6.82. The molecule has 2 N–H and O–H groups in total. The minimum atomic E-state index is -0.366. The third-order valence-electron chi connectivity index (χ3n) is 4.75. The summed E-state index contributed by atoms with van der Waals surface area (Å²) >= 11 is 0. The molecule has 7 nitrogen and oxygen atoms in total. The van der Waals surface area contributed by atoms with E-state index in [-0.39, 0.29) is 6.03 Å². The lowest BCUT2D eigenvalue weighted by atomic mass is 10.1. The molecular weight excluding hydrogens is 354 g/mol. The zero-order chi connectivity index (χ0) is 19.2. The van der Waals surface area contributed by atoms with Crippen LogP contribution in [-0.4, -0.2) is 29.3 Å². The molecule has 28 heavy (non-hydrogen) atoms. The van der Waals surface area contributed by atoms with Crippen molar-refractivity contribution in [3.8, 4) is 11.3 Å². The van der Waals surface area contributed by atoms with E-state index in [2.05, 4.69) is 25.7 Å². The van der Waals surface area contributed by atoms with E-state index in [0.29, 0.717) is 11.6 Å². The molecule has 3 aromatic rings. The first kappa shape index (κ1) is 18.0. The van der Waals surface area contributed by atoms with Crippen molar-refractivity contribution in [2.45, 2.75) is 25.7 Å². The quantitative estimate of drug-likeness (QED) is 0.685. The molecule has 1 aliphatic rings. The Morgan fingerprint density at radius 1 is 0.929 bits per heavy atom. The number of aromatic nitrogens is 2. The molecule has 2 amide bonds. The SMILES string of the molecule is O=C(Nc1cccc(-c2ccc(N3CCCCCC3)nn2)c1)Nc1ccco1. The highest BCUT2D eigenvalue weighted by atomic mass is 16.3. The maximum absolute atomic E-state index is 12.1. The lowest BCUT2D eigenvalue weighted by Gasteiger charge is -2.20. The number of urea groups is 1.